The number of rotatable bonds is 5. The summed E-state index contributed by atoms with van der Waals surface area (Å²) in [5, 5.41) is 3.98. The summed E-state index contributed by atoms with van der Waals surface area (Å²) in [6.07, 6.45) is 1.13. The summed E-state index contributed by atoms with van der Waals surface area (Å²) >= 11 is 1.57. The molecule has 2 heterocycles. The molecule has 1 saturated heterocycles. The Balaban J connectivity index is 1.35. The van der Waals surface area contributed by atoms with Gasteiger partial charge in [-0.25, -0.2) is 4.98 Å². The zero-order valence-corrected chi connectivity index (χ0v) is 20.3. The Morgan fingerprint density at radius 3 is 2.67 bits per heavy atom. The van der Waals surface area contributed by atoms with Gasteiger partial charge < -0.3 is 10.2 Å². The molecule has 1 saturated carbocycles. The molecule has 1 aliphatic heterocycles. The van der Waals surface area contributed by atoms with Crippen LogP contribution in [0.1, 0.15) is 49.0 Å². The van der Waals surface area contributed by atoms with Crippen LogP contribution in [-0.4, -0.2) is 40.8 Å². The number of carbonyl (C=O) groups is 2. The highest BCUT2D eigenvalue weighted by atomic mass is 32.1. The van der Waals surface area contributed by atoms with Crippen LogP contribution in [0.4, 0.5) is 0 Å². The second-order valence-corrected chi connectivity index (χ2v) is 10.7. The van der Waals surface area contributed by atoms with Crippen molar-refractivity contribution in [2.45, 2.75) is 40.2 Å². The molecule has 6 heteroatoms. The highest BCUT2D eigenvalue weighted by Crippen LogP contribution is 2.50. The minimum atomic E-state index is -0.0837. The van der Waals surface area contributed by atoms with Gasteiger partial charge in [-0.15, -0.1) is 11.3 Å². The van der Waals surface area contributed by atoms with Gasteiger partial charge in [-0.1, -0.05) is 35.9 Å². The number of nitrogens with one attached hydrogen (secondary N) is 1. The number of aryl methyl sites for hydroxylation is 4. The Morgan fingerprint density at radius 2 is 1.91 bits per heavy atom. The maximum absolute atomic E-state index is 13.7. The molecule has 2 amide bonds. The molecule has 3 aromatic rings. The molecule has 5 rings (SSSR count). The van der Waals surface area contributed by atoms with Gasteiger partial charge in [0.25, 0.3) is 11.8 Å². The van der Waals surface area contributed by atoms with E-state index in [9.17, 15) is 9.59 Å². The molecule has 170 valence electrons. The van der Waals surface area contributed by atoms with Crippen LogP contribution in [0.3, 0.4) is 0 Å². The lowest BCUT2D eigenvalue weighted by atomic mass is 10.1. The van der Waals surface area contributed by atoms with Gasteiger partial charge in [0.2, 0.25) is 0 Å². The predicted molar refractivity (Wildman–Crippen MR) is 132 cm³/mol. The Bertz CT molecular complexity index is 1250. The summed E-state index contributed by atoms with van der Waals surface area (Å²) in [4.78, 5) is 34.0. The number of benzene rings is 2. The van der Waals surface area contributed by atoms with E-state index in [1.807, 2.05) is 56.0 Å². The molecule has 1 N–H and O–H groups in total. The van der Waals surface area contributed by atoms with Crippen molar-refractivity contribution < 1.29 is 9.59 Å². The monoisotopic (exact) mass is 459 g/mol. The summed E-state index contributed by atoms with van der Waals surface area (Å²) in [7, 11) is 0. The number of amides is 2. The van der Waals surface area contributed by atoms with Crippen LogP contribution in [0.25, 0.3) is 10.4 Å². The standard InChI is InChI=1S/C27H29N3O2S/c1-15-6-5-7-19(10-15)25-24(29-18(4)33-25)27(32)30-14-21-12-22(21)23(30)13-28-26(31)20-9-8-16(2)17(3)11-20/h5-11,21-23H,12-14H2,1-4H3,(H,28,31)/t21-,22-,23-/m1/s1. The van der Waals surface area contributed by atoms with Crippen molar-refractivity contribution in [1.82, 2.24) is 15.2 Å². The van der Waals surface area contributed by atoms with Crippen LogP contribution in [0.2, 0.25) is 0 Å². The molecular weight excluding hydrogens is 430 g/mol. The van der Waals surface area contributed by atoms with Crippen LogP contribution in [-0.2, 0) is 0 Å². The van der Waals surface area contributed by atoms with Crippen molar-refractivity contribution in [3.63, 3.8) is 0 Å². The molecule has 0 spiro atoms. The SMILES string of the molecule is Cc1cccc(-c2sc(C)nc2C(=O)N2C[C@H]3C[C@H]3[C@H]2CNC(=O)c2ccc(C)c(C)c2)c1. The number of fused-ring (bicyclic) bond motifs is 1. The normalized spacial score (nSPS) is 21.1. The molecule has 2 fully saturated rings. The first-order valence-corrected chi connectivity index (χ1v) is 12.3. The third-order valence-electron chi connectivity index (χ3n) is 7.02. The van der Waals surface area contributed by atoms with Crippen molar-refractivity contribution in [3.8, 4) is 10.4 Å². The largest absolute Gasteiger partial charge is 0.350 e. The minimum absolute atomic E-state index is 0.0189. The lowest BCUT2D eigenvalue weighted by molar-refractivity contribution is 0.0690. The van der Waals surface area contributed by atoms with E-state index in [1.165, 1.54) is 5.56 Å². The fourth-order valence-electron chi connectivity index (χ4n) is 4.94. The van der Waals surface area contributed by atoms with Crippen molar-refractivity contribution >= 4 is 23.2 Å². The van der Waals surface area contributed by atoms with Gasteiger partial charge >= 0.3 is 0 Å². The van der Waals surface area contributed by atoms with Crippen molar-refractivity contribution in [3.05, 3.63) is 75.4 Å². The van der Waals surface area contributed by atoms with Gasteiger partial charge in [0.1, 0.15) is 5.69 Å². The van der Waals surface area contributed by atoms with E-state index in [0.717, 1.165) is 39.5 Å². The Hall–Kier alpha value is -2.99. The third-order valence-corrected chi connectivity index (χ3v) is 8.04. The zero-order chi connectivity index (χ0) is 23.3. The number of hydrogen-bond acceptors (Lipinski definition) is 4. The van der Waals surface area contributed by atoms with E-state index in [1.54, 1.807) is 11.3 Å². The number of nitrogens with zero attached hydrogens (tertiary/aromatic N) is 2. The van der Waals surface area contributed by atoms with Gasteiger partial charge in [-0.2, -0.15) is 0 Å². The van der Waals surface area contributed by atoms with Gasteiger partial charge in [0.15, 0.2) is 0 Å². The van der Waals surface area contributed by atoms with Crippen LogP contribution < -0.4 is 5.32 Å². The van der Waals surface area contributed by atoms with Gasteiger partial charge in [-0.05, 0) is 74.8 Å². The Labute approximate surface area is 198 Å². The van der Waals surface area contributed by atoms with Crippen molar-refractivity contribution in [2.24, 2.45) is 11.8 Å². The smallest absolute Gasteiger partial charge is 0.274 e. The number of piperidine rings is 1. The highest BCUT2D eigenvalue weighted by Gasteiger charge is 2.54. The van der Waals surface area contributed by atoms with Crippen LogP contribution in [0.5, 0.6) is 0 Å². The van der Waals surface area contributed by atoms with E-state index in [0.29, 0.717) is 29.6 Å². The van der Waals surface area contributed by atoms with E-state index in [4.69, 9.17) is 0 Å². The molecule has 0 bridgehead atoms. The summed E-state index contributed by atoms with van der Waals surface area (Å²) in [5.41, 5.74) is 5.67. The maximum Gasteiger partial charge on any atom is 0.274 e. The molecule has 33 heavy (non-hydrogen) atoms. The topological polar surface area (TPSA) is 62.3 Å². The van der Waals surface area contributed by atoms with E-state index in [2.05, 4.69) is 29.4 Å². The Morgan fingerprint density at radius 1 is 1.09 bits per heavy atom. The number of thiazole rings is 1. The summed E-state index contributed by atoms with van der Waals surface area (Å²) < 4.78 is 0. The molecule has 3 atom stereocenters. The predicted octanol–water partition coefficient (Wildman–Crippen LogP) is 4.93. The number of hydrogen-bond donors (Lipinski definition) is 1. The molecule has 1 aliphatic carbocycles. The molecule has 0 radical (unpaired) electrons. The molecule has 2 aromatic carbocycles. The van der Waals surface area contributed by atoms with E-state index in [-0.39, 0.29) is 17.9 Å². The van der Waals surface area contributed by atoms with Gasteiger partial charge in [0.05, 0.1) is 15.9 Å². The van der Waals surface area contributed by atoms with Gasteiger partial charge in [0, 0.05) is 18.7 Å². The quantitative estimate of drug-likeness (QED) is 0.588. The van der Waals surface area contributed by atoms with E-state index < -0.39 is 0 Å². The maximum atomic E-state index is 13.7. The highest BCUT2D eigenvalue weighted by molar-refractivity contribution is 7.15. The lowest BCUT2D eigenvalue weighted by Crippen LogP contribution is -2.45. The molecule has 1 aromatic heterocycles. The van der Waals surface area contributed by atoms with Crippen molar-refractivity contribution in [1.29, 1.82) is 0 Å². The number of likely N-dealkylation sites (tertiary alicyclic amines) is 1. The molecular formula is C27H29N3O2S. The van der Waals surface area contributed by atoms with Crippen LogP contribution in [0.15, 0.2) is 42.5 Å². The second-order valence-electron chi connectivity index (χ2n) is 9.47. The average Bonchev–Trinajstić information content (AvgIpc) is 3.30. The summed E-state index contributed by atoms with van der Waals surface area (Å²) in [6.45, 7) is 9.28. The minimum Gasteiger partial charge on any atom is -0.350 e. The molecule has 0 unspecified atom stereocenters. The molecule has 5 nitrogen and oxygen atoms in total. The lowest BCUT2D eigenvalue weighted by Gasteiger charge is -2.27. The van der Waals surface area contributed by atoms with Gasteiger partial charge in [-0.3, -0.25) is 9.59 Å². The summed E-state index contributed by atoms with van der Waals surface area (Å²) in [5.74, 6) is 0.906. The zero-order valence-electron chi connectivity index (χ0n) is 19.5. The van der Waals surface area contributed by atoms with Crippen LogP contribution >= 0.6 is 11.3 Å². The molecule has 2 aliphatic rings. The van der Waals surface area contributed by atoms with E-state index >= 15 is 0 Å². The first-order chi connectivity index (χ1) is 15.8. The Kier molecular flexibility index (Phi) is 5.57. The fourth-order valence-corrected chi connectivity index (χ4v) is 5.85. The number of carbonyl (C=O) groups excluding carboxylic acids is 2. The third kappa shape index (κ3) is 4.20. The fraction of sp³-hybridized carbons (Fsp3) is 0.370. The first-order valence-electron chi connectivity index (χ1n) is 11.5. The summed E-state index contributed by atoms with van der Waals surface area (Å²) in [6, 6.07) is 14.0. The van der Waals surface area contributed by atoms with Crippen molar-refractivity contribution in [2.75, 3.05) is 13.1 Å². The average molecular weight is 460 g/mol. The van der Waals surface area contributed by atoms with Crippen LogP contribution in [0, 0.1) is 39.5 Å². The first kappa shape index (κ1) is 21.8. The second kappa shape index (κ2) is 8.41. The number of aromatic nitrogens is 1.